The number of amides is 1. The molecule has 1 aliphatic heterocycles. The number of H-pyrrole nitrogens is 1. The molecule has 6 rings (SSSR count). The van der Waals surface area contributed by atoms with Crippen molar-refractivity contribution in [2.45, 2.75) is 57.2 Å². The number of anilines is 1. The lowest BCUT2D eigenvalue weighted by Crippen LogP contribution is -2.56. The van der Waals surface area contributed by atoms with E-state index in [2.05, 4.69) is 99.4 Å². The molecular formula is C38H42N4O. The van der Waals surface area contributed by atoms with Crippen molar-refractivity contribution in [1.82, 2.24) is 15.6 Å². The summed E-state index contributed by atoms with van der Waals surface area (Å²) in [6.07, 6.45) is 4.96. The van der Waals surface area contributed by atoms with Crippen LogP contribution < -0.4 is 15.5 Å². The van der Waals surface area contributed by atoms with E-state index in [1.54, 1.807) is 0 Å². The molecule has 220 valence electrons. The van der Waals surface area contributed by atoms with Gasteiger partial charge in [-0.2, -0.15) is 0 Å². The number of hydrogen-bond acceptors (Lipinski definition) is 3. The first-order valence-corrected chi connectivity index (χ1v) is 15.5. The summed E-state index contributed by atoms with van der Waals surface area (Å²) in [7, 11) is 0. The topological polar surface area (TPSA) is 60.2 Å². The van der Waals surface area contributed by atoms with Crippen LogP contribution in [0.1, 0.15) is 60.9 Å². The molecule has 0 aliphatic carbocycles. The van der Waals surface area contributed by atoms with Gasteiger partial charge in [-0.15, -0.1) is 0 Å². The van der Waals surface area contributed by atoms with Gasteiger partial charge in [0.2, 0.25) is 5.91 Å². The van der Waals surface area contributed by atoms with Crippen molar-refractivity contribution in [2.24, 2.45) is 0 Å². The molecule has 1 amide bonds. The molecule has 0 radical (unpaired) electrons. The molecule has 0 spiro atoms. The number of benzene rings is 4. The van der Waals surface area contributed by atoms with E-state index in [1.807, 2.05) is 50.4 Å². The van der Waals surface area contributed by atoms with E-state index in [0.717, 1.165) is 40.7 Å². The zero-order chi connectivity index (χ0) is 29.6. The number of aromatic amines is 1. The molecule has 5 heteroatoms. The number of rotatable bonds is 10. The Balaban J connectivity index is 1.14. The number of aromatic nitrogens is 1. The first kappa shape index (κ1) is 28.8. The third-order valence-corrected chi connectivity index (χ3v) is 9.12. The molecule has 1 aromatic heterocycles. The van der Waals surface area contributed by atoms with Crippen molar-refractivity contribution in [2.75, 3.05) is 18.0 Å². The van der Waals surface area contributed by atoms with Crippen molar-refractivity contribution in [3.8, 4) is 0 Å². The average molecular weight is 571 g/mol. The highest BCUT2D eigenvalue weighted by Gasteiger charge is 2.34. The maximum atomic E-state index is 13.9. The maximum absolute atomic E-state index is 13.9. The monoisotopic (exact) mass is 570 g/mol. The average Bonchev–Trinajstić information content (AvgIpc) is 3.47. The van der Waals surface area contributed by atoms with E-state index in [0.29, 0.717) is 18.9 Å². The van der Waals surface area contributed by atoms with Crippen LogP contribution in [0.15, 0.2) is 115 Å². The standard InChI is InChI=1S/C38H42N4O/c1-28(30-11-5-3-6-12-30)41-37(43)38(2,25-33-27-39-36-16-10-9-15-35(33)36)40-26-29-17-19-34(20-18-29)42-23-21-32(22-24-42)31-13-7-4-8-14-31/h3-20,27-28,32,39-40H,21-26H2,1-2H3,(H,41,43). The minimum absolute atomic E-state index is 0.00737. The van der Waals surface area contributed by atoms with Crippen molar-refractivity contribution >= 4 is 22.5 Å². The van der Waals surface area contributed by atoms with E-state index in [4.69, 9.17) is 0 Å². The van der Waals surface area contributed by atoms with E-state index >= 15 is 0 Å². The van der Waals surface area contributed by atoms with Gasteiger partial charge >= 0.3 is 0 Å². The minimum atomic E-state index is -0.813. The molecule has 1 aliphatic rings. The first-order valence-electron chi connectivity index (χ1n) is 15.5. The van der Waals surface area contributed by atoms with Gasteiger partial charge < -0.3 is 15.2 Å². The predicted octanol–water partition coefficient (Wildman–Crippen LogP) is 7.52. The van der Waals surface area contributed by atoms with Crippen LogP contribution in [0, 0.1) is 0 Å². The quantitative estimate of drug-likeness (QED) is 0.163. The fourth-order valence-corrected chi connectivity index (χ4v) is 6.38. The van der Waals surface area contributed by atoms with Crippen LogP contribution in [0.5, 0.6) is 0 Å². The number of nitrogens with zero attached hydrogens (tertiary/aromatic N) is 1. The van der Waals surface area contributed by atoms with Crippen molar-refractivity contribution in [1.29, 1.82) is 0 Å². The summed E-state index contributed by atoms with van der Waals surface area (Å²) in [4.78, 5) is 19.8. The van der Waals surface area contributed by atoms with Gasteiger partial charge in [0.1, 0.15) is 0 Å². The Morgan fingerprint density at radius 3 is 2.26 bits per heavy atom. The van der Waals surface area contributed by atoms with Crippen molar-refractivity contribution in [3.05, 3.63) is 138 Å². The Morgan fingerprint density at radius 2 is 1.53 bits per heavy atom. The zero-order valence-corrected chi connectivity index (χ0v) is 25.2. The van der Waals surface area contributed by atoms with Crippen LogP contribution in [-0.2, 0) is 17.8 Å². The number of carbonyl (C=O) groups is 1. The lowest BCUT2D eigenvalue weighted by atomic mass is 9.89. The van der Waals surface area contributed by atoms with Gasteiger partial charge in [0.25, 0.3) is 0 Å². The van der Waals surface area contributed by atoms with Crippen LogP contribution >= 0.6 is 0 Å². The molecule has 2 heterocycles. The highest BCUT2D eigenvalue weighted by molar-refractivity contribution is 5.89. The molecular weight excluding hydrogens is 528 g/mol. The highest BCUT2D eigenvalue weighted by atomic mass is 16.2. The summed E-state index contributed by atoms with van der Waals surface area (Å²) < 4.78 is 0. The molecule has 0 bridgehead atoms. The Bertz CT molecular complexity index is 1620. The molecule has 0 saturated carbocycles. The second-order valence-corrected chi connectivity index (χ2v) is 12.2. The lowest BCUT2D eigenvalue weighted by Gasteiger charge is -2.34. The van der Waals surface area contributed by atoms with E-state index in [-0.39, 0.29) is 11.9 Å². The van der Waals surface area contributed by atoms with Gasteiger partial charge in [0.15, 0.2) is 0 Å². The van der Waals surface area contributed by atoms with Crippen LogP contribution in [0.2, 0.25) is 0 Å². The number of nitrogens with one attached hydrogen (secondary N) is 3. The van der Waals surface area contributed by atoms with Gasteiger partial charge in [-0.1, -0.05) is 91.0 Å². The summed E-state index contributed by atoms with van der Waals surface area (Å²) in [6, 6.07) is 38.1. The Kier molecular flexibility index (Phi) is 8.62. The molecule has 1 saturated heterocycles. The fourth-order valence-electron chi connectivity index (χ4n) is 6.38. The summed E-state index contributed by atoms with van der Waals surface area (Å²) in [6.45, 7) is 6.80. The second-order valence-electron chi connectivity index (χ2n) is 12.2. The summed E-state index contributed by atoms with van der Waals surface area (Å²) >= 11 is 0. The third-order valence-electron chi connectivity index (χ3n) is 9.12. The zero-order valence-electron chi connectivity index (χ0n) is 25.2. The van der Waals surface area contributed by atoms with Crippen molar-refractivity contribution in [3.63, 3.8) is 0 Å². The van der Waals surface area contributed by atoms with E-state index in [1.165, 1.54) is 24.1 Å². The molecule has 4 aromatic carbocycles. The Morgan fingerprint density at radius 1 is 0.884 bits per heavy atom. The van der Waals surface area contributed by atoms with E-state index in [9.17, 15) is 4.79 Å². The minimum Gasteiger partial charge on any atom is -0.371 e. The SMILES string of the molecule is CC(NC(=O)C(C)(Cc1c[nH]c2ccccc12)NCc1ccc(N2CCC(c3ccccc3)CC2)cc1)c1ccccc1. The number of carbonyl (C=O) groups excluding carboxylic acids is 1. The number of piperidine rings is 1. The van der Waals surface area contributed by atoms with Crippen molar-refractivity contribution < 1.29 is 4.79 Å². The van der Waals surface area contributed by atoms with Gasteiger partial charge in [-0.25, -0.2) is 0 Å². The van der Waals surface area contributed by atoms with E-state index < -0.39 is 5.54 Å². The normalized spacial score (nSPS) is 16.1. The Hall–Kier alpha value is -4.35. The van der Waals surface area contributed by atoms with Crippen LogP contribution in [0.3, 0.4) is 0 Å². The molecule has 5 aromatic rings. The molecule has 5 nitrogen and oxygen atoms in total. The maximum Gasteiger partial charge on any atom is 0.240 e. The first-order chi connectivity index (χ1) is 21.0. The fraction of sp³-hybridized carbons (Fsp3) is 0.289. The number of hydrogen-bond donors (Lipinski definition) is 3. The number of fused-ring (bicyclic) bond motifs is 1. The van der Waals surface area contributed by atoms with Gasteiger partial charge in [0, 0.05) is 48.8 Å². The summed E-state index contributed by atoms with van der Waals surface area (Å²) in [5.74, 6) is 0.638. The smallest absolute Gasteiger partial charge is 0.240 e. The molecule has 1 fully saturated rings. The van der Waals surface area contributed by atoms with Gasteiger partial charge in [-0.3, -0.25) is 10.1 Å². The van der Waals surface area contributed by atoms with Gasteiger partial charge in [-0.05, 0) is 73.1 Å². The number of para-hydroxylation sites is 1. The van der Waals surface area contributed by atoms with Crippen LogP contribution in [-0.4, -0.2) is 29.5 Å². The second kappa shape index (κ2) is 12.9. The van der Waals surface area contributed by atoms with Crippen LogP contribution in [0.4, 0.5) is 5.69 Å². The molecule has 3 N–H and O–H groups in total. The lowest BCUT2D eigenvalue weighted by molar-refractivity contribution is -0.127. The predicted molar refractivity (Wildman–Crippen MR) is 177 cm³/mol. The Labute approximate surface area is 255 Å². The third kappa shape index (κ3) is 6.68. The van der Waals surface area contributed by atoms with Crippen LogP contribution in [0.25, 0.3) is 10.9 Å². The summed E-state index contributed by atoms with van der Waals surface area (Å²) in [5.41, 5.74) is 6.38. The van der Waals surface area contributed by atoms with Gasteiger partial charge in [0.05, 0.1) is 11.6 Å². The highest BCUT2D eigenvalue weighted by Crippen LogP contribution is 2.31. The molecule has 2 unspecified atom stereocenters. The molecule has 43 heavy (non-hydrogen) atoms. The summed E-state index contributed by atoms with van der Waals surface area (Å²) in [5, 5.41) is 8.09. The molecule has 2 atom stereocenters. The largest absolute Gasteiger partial charge is 0.371 e.